The Kier molecular flexibility index (Phi) is 4.51. The first-order chi connectivity index (χ1) is 11.5. The lowest BCUT2D eigenvalue weighted by molar-refractivity contribution is 0.0527. The summed E-state index contributed by atoms with van der Waals surface area (Å²) in [6, 6.07) is 11.7. The highest BCUT2D eigenvalue weighted by Crippen LogP contribution is 2.28. The molecule has 0 aliphatic carbocycles. The van der Waals surface area contributed by atoms with E-state index in [1.807, 2.05) is 41.8 Å². The molecule has 5 nitrogen and oxygen atoms in total. The van der Waals surface area contributed by atoms with Crippen molar-refractivity contribution in [1.82, 2.24) is 15.1 Å². The maximum atomic E-state index is 12.6. The van der Waals surface area contributed by atoms with Gasteiger partial charge in [0.25, 0.3) is 5.91 Å². The van der Waals surface area contributed by atoms with Gasteiger partial charge < -0.3 is 10.4 Å². The molecule has 0 aliphatic heterocycles. The molecule has 2 aromatic heterocycles. The highest BCUT2D eigenvalue weighted by Gasteiger charge is 2.26. The van der Waals surface area contributed by atoms with Gasteiger partial charge in [0.2, 0.25) is 0 Å². The van der Waals surface area contributed by atoms with Crippen LogP contribution in [0.5, 0.6) is 0 Å². The van der Waals surface area contributed by atoms with E-state index in [1.54, 1.807) is 31.0 Å². The van der Waals surface area contributed by atoms with Crippen LogP contribution in [-0.4, -0.2) is 27.3 Å². The van der Waals surface area contributed by atoms with Gasteiger partial charge in [-0.1, -0.05) is 30.3 Å². The summed E-state index contributed by atoms with van der Waals surface area (Å²) in [6.45, 7) is 1.78. The number of aryl methyl sites for hydroxylation is 1. The van der Waals surface area contributed by atoms with Crippen LogP contribution < -0.4 is 5.32 Å². The van der Waals surface area contributed by atoms with Crippen LogP contribution in [0.4, 0.5) is 0 Å². The molecule has 24 heavy (non-hydrogen) atoms. The van der Waals surface area contributed by atoms with Gasteiger partial charge in [0.15, 0.2) is 0 Å². The van der Waals surface area contributed by atoms with E-state index in [9.17, 15) is 9.90 Å². The predicted molar refractivity (Wildman–Crippen MR) is 94.9 cm³/mol. The lowest BCUT2D eigenvalue weighted by atomic mass is 9.99. The van der Waals surface area contributed by atoms with E-state index < -0.39 is 5.60 Å². The van der Waals surface area contributed by atoms with Crippen LogP contribution in [0.15, 0.2) is 54.2 Å². The normalized spacial score (nSPS) is 13.5. The lowest BCUT2D eigenvalue weighted by Gasteiger charge is -2.22. The standard InChI is InChI=1S/C18H19N3O2S/c1-18(23,14-10-20-21(2)11-14)12-19-17(22)16-15(8-9-24-16)13-6-4-3-5-7-13/h3-11,23H,12H2,1-2H3,(H,19,22). The van der Waals surface area contributed by atoms with E-state index in [2.05, 4.69) is 10.4 Å². The number of amides is 1. The van der Waals surface area contributed by atoms with E-state index in [-0.39, 0.29) is 12.5 Å². The molecular weight excluding hydrogens is 322 g/mol. The number of carbonyl (C=O) groups excluding carboxylic acids is 1. The lowest BCUT2D eigenvalue weighted by Crippen LogP contribution is -2.38. The van der Waals surface area contributed by atoms with E-state index in [0.29, 0.717) is 10.4 Å². The van der Waals surface area contributed by atoms with E-state index >= 15 is 0 Å². The van der Waals surface area contributed by atoms with Crippen molar-refractivity contribution >= 4 is 17.2 Å². The molecule has 0 saturated carbocycles. The van der Waals surface area contributed by atoms with Gasteiger partial charge in [-0.3, -0.25) is 9.48 Å². The third-order valence-electron chi connectivity index (χ3n) is 3.88. The summed E-state index contributed by atoms with van der Waals surface area (Å²) in [7, 11) is 1.79. The number of benzene rings is 1. The fourth-order valence-corrected chi connectivity index (χ4v) is 3.30. The third kappa shape index (κ3) is 3.39. The summed E-state index contributed by atoms with van der Waals surface area (Å²) in [5.74, 6) is -0.187. The van der Waals surface area contributed by atoms with E-state index in [4.69, 9.17) is 0 Å². The summed E-state index contributed by atoms with van der Waals surface area (Å²) >= 11 is 1.39. The zero-order valence-electron chi connectivity index (χ0n) is 13.6. The first-order valence-corrected chi connectivity index (χ1v) is 8.48. The fourth-order valence-electron chi connectivity index (χ4n) is 2.46. The molecule has 2 N–H and O–H groups in total. The second-order valence-corrected chi connectivity index (χ2v) is 6.80. The number of thiophene rings is 1. The van der Waals surface area contributed by atoms with Crippen molar-refractivity contribution in [2.24, 2.45) is 7.05 Å². The molecule has 2 heterocycles. The third-order valence-corrected chi connectivity index (χ3v) is 4.79. The van der Waals surface area contributed by atoms with Gasteiger partial charge in [-0.05, 0) is 23.9 Å². The first-order valence-electron chi connectivity index (χ1n) is 7.60. The van der Waals surface area contributed by atoms with Crippen LogP contribution >= 0.6 is 11.3 Å². The minimum Gasteiger partial charge on any atom is -0.383 e. The van der Waals surface area contributed by atoms with Crippen molar-refractivity contribution in [2.75, 3.05) is 6.54 Å². The van der Waals surface area contributed by atoms with Crippen LogP contribution in [0.2, 0.25) is 0 Å². The van der Waals surface area contributed by atoms with Crippen LogP contribution in [0.3, 0.4) is 0 Å². The van der Waals surface area contributed by atoms with Crippen LogP contribution in [0.1, 0.15) is 22.2 Å². The quantitative estimate of drug-likeness (QED) is 0.750. The van der Waals surface area contributed by atoms with Gasteiger partial charge in [0.1, 0.15) is 5.60 Å². The molecule has 0 aliphatic rings. The summed E-state index contributed by atoms with van der Waals surface area (Å²) in [5, 5.41) is 19.4. The summed E-state index contributed by atoms with van der Waals surface area (Å²) in [4.78, 5) is 13.2. The van der Waals surface area contributed by atoms with Gasteiger partial charge in [-0.2, -0.15) is 5.10 Å². The second kappa shape index (κ2) is 6.59. The van der Waals surface area contributed by atoms with Crippen LogP contribution in [0, 0.1) is 0 Å². The number of nitrogens with one attached hydrogen (secondary N) is 1. The Morgan fingerprint density at radius 1 is 1.33 bits per heavy atom. The van der Waals surface area contributed by atoms with Crippen LogP contribution in [-0.2, 0) is 12.6 Å². The molecule has 3 rings (SSSR count). The maximum Gasteiger partial charge on any atom is 0.262 e. The van der Waals surface area contributed by atoms with Crippen LogP contribution in [0.25, 0.3) is 11.1 Å². The zero-order valence-corrected chi connectivity index (χ0v) is 14.4. The van der Waals surface area contributed by atoms with Crippen molar-refractivity contribution < 1.29 is 9.90 Å². The molecule has 0 radical (unpaired) electrons. The summed E-state index contributed by atoms with van der Waals surface area (Å²) < 4.78 is 1.62. The molecule has 1 amide bonds. The van der Waals surface area contributed by atoms with Gasteiger partial charge in [-0.15, -0.1) is 11.3 Å². The molecule has 1 atom stereocenters. The second-order valence-electron chi connectivity index (χ2n) is 5.89. The Labute approximate surface area is 144 Å². The van der Waals surface area contributed by atoms with Crippen molar-refractivity contribution in [3.8, 4) is 11.1 Å². The molecule has 0 spiro atoms. The molecule has 124 valence electrons. The minimum absolute atomic E-state index is 0.115. The molecule has 1 aromatic carbocycles. The highest BCUT2D eigenvalue weighted by molar-refractivity contribution is 7.12. The molecule has 1 unspecified atom stereocenters. The number of aliphatic hydroxyl groups is 1. The highest BCUT2D eigenvalue weighted by atomic mass is 32.1. The SMILES string of the molecule is Cn1cc(C(C)(O)CNC(=O)c2sccc2-c2ccccc2)cn1. The predicted octanol–water partition coefficient (Wildman–Crippen LogP) is 2.79. The largest absolute Gasteiger partial charge is 0.383 e. The number of hydrogen-bond acceptors (Lipinski definition) is 4. The van der Waals surface area contributed by atoms with Gasteiger partial charge in [0, 0.05) is 24.4 Å². The average molecular weight is 341 g/mol. The van der Waals surface area contributed by atoms with Gasteiger partial charge in [-0.25, -0.2) is 0 Å². The summed E-state index contributed by atoms with van der Waals surface area (Å²) in [5.41, 5.74) is 1.40. The Morgan fingerprint density at radius 3 is 2.75 bits per heavy atom. The molecular formula is C18H19N3O2S. The minimum atomic E-state index is -1.17. The number of carbonyl (C=O) groups is 1. The number of rotatable bonds is 5. The molecule has 3 aromatic rings. The van der Waals surface area contributed by atoms with Crippen molar-refractivity contribution in [1.29, 1.82) is 0 Å². The van der Waals surface area contributed by atoms with Gasteiger partial charge in [0.05, 0.1) is 17.6 Å². The molecule has 0 fully saturated rings. The topological polar surface area (TPSA) is 67.2 Å². The Balaban J connectivity index is 1.74. The molecule has 0 bridgehead atoms. The maximum absolute atomic E-state index is 12.6. The van der Waals surface area contributed by atoms with Gasteiger partial charge >= 0.3 is 0 Å². The van der Waals surface area contributed by atoms with Crippen molar-refractivity contribution in [3.05, 3.63) is 64.6 Å². The smallest absolute Gasteiger partial charge is 0.262 e. The van der Waals surface area contributed by atoms with E-state index in [0.717, 1.165) is 11.1 Å². The zero-order chi connectivity index (χ0) is 17.2. The molecule has 0 saturated heterocycles. The molecule has 6 heteroatoms. The Morgan fingerprint density at radius 2 is 2.08 bits per heavy atom. The van der Waals surface area contributed by atoms with Crippen molar-refractivity contribution in [2.45, 2.75) is 12.5 Å². The van der Waals surface area contributed by atoms with E-state index in [1.165, 1.54) is 11.3 Å². The number of nitrogens with zero attached hydrogens (tertiary/aromatic N) is 2. The Bertz CT molecular complexity index is 837. The first kappa shape index (κ1) is 16.4. The number of aromatic nitrogens is 2. The Hall–Kier alpha value is -2.44. The average Bonchev–Trinajstić information content (AvgIpc) is 3.23. The van der Waals surface area contributed by atoms with Crippen molar-refractivity contribution in [3.63, 3.8) is 0 Å². The summed E-state index contributed by atoms with van der Waals surface area (Å²) in [6.07, 6.45) is 3.35. The number of hydrogen-bond donors (Lipinski definition) is 2. The fraction of sp³-hybridized carbons (Fsp3) is 0.222. The monoisotopic (exact) mass is 341 g/mol.